The van der Waals surface area contributed by atoms with Crippen LogP contribution in [0.2, 0.25) is 0 Å². The summed E-state index contributed by atoms with van der Waals surface area (Å²) >= 11 is 5.47. The first-order chi connectivity index (χ1) is 7.11. The molecule has 0 heterocycles. The van der Waals surface area contributed by atoms with E-state index in [0.29, 0.717) is 12.2 Å². The molecule has 1 aromatic rings. The topological polar surface area (TPSA) is 37.4 Å². The average Bonchev–Trinajstić information content (AvgIpc) is 2.19. The fourth-order valence-electron chi connectivity index (χ4n) is 1.34. The molecule has 0 spiro atoms. The average molecular weight is 248 g/mol. The molecule has 3 nitrogen and oxygen atoms in total. The van der Waals surface area contributed by atoms with Gasteiger partial charge in [0.25, 0.3) is 0 Å². The first-order valence-corrected chi connectivity index (χ1v) is 6.87. The normalized spacial score (nSPS) is 11.3. The second-order valence-corrected chi connectivity index (χ2v) is 5.40. The second-order valence-electron chi connectivity index (χ2n) is 3.01. The van der Waals surface area contributed by atoms with Gasteiger partial charge in [-0.1, -0.05) is 18.2 Å². The Labute approximate surface area is 95.7 Å². The highest BCUT2D eigenvalue weighted by atomic mass is 35.5. The van der Waals surface area contributed by atoms with Crippen LogP contribution in [0.1, 0.15) is 6.92 Å². The SMILES string of the molecule is CCN(c1ccccc1)S(=O)(=O)CCCl. The Morgan fingerprint density at radius 3 is 2.33 bits per heavy atom. The second kappa shape index (κ2) is 5.37. The third kappa shape index (κ3) is 3.11. The van der Waals surface area contributed by atoms with Crippen LogP contribution in [0.25, 0.3) is 0 Å². The fourth-order valence-corrected chi connectivity index (χ4v) is 3.18. The lowest BCUT2D eigenvalue weighted by atomic mass is 10.3. The van der Waals surface area contributed by atoms with Crippen molar-refractivity contribution in [3.8, 4) is 0 Å². The molecule has 0 aliphatic heterocycles. The number of halogens is 1. The highest BCUT2D eigenvalue weighted by Gasteiger charge is 2.19. The molecule has 0 saturated heterocycles. The van der Waals surface area contributed by atoms with Crippen LogP contribution in [0.4, 0.5) is 5.69 Å². The van der Waals surface area contributed by atoms with Gasteiger partial charge >= 0.3 is 0 Å². The Hall–Kier alpha value is -0.740. The maximum atomic E-state index is 11.8. The molecule has 5 heteroatoms. The zero-order valence-corrected chi connectivity index (χ0v) is 10.1. The van der Waals surface area contributed by atoms with Gasteiger partial charge in [-0.05, 0) is 19.1 Å². The molecule has 0 aromatic heterocycles. The molecule has 84 valence electrons. The van der Waals surface area contributed by atoms with E-state index in [1.165, 1.54) is 4.31 Å². The number of rotatable bonds is 5. The predicted molar refractivity (Wildman–Crippen MR) is 64.0 cm³/mol. The summed E-state index contributed by atoms with van der Waals surface area (Å²) in [5, 5.41) is 0. The first kappa shape index (κ1) is 12.3. The number of alkyl halides is 1. The Morgan fingerprint density at radius 1 is 1.27 bits per heavy atom. The molecule has 1 aromatic carbocycles. The smallest absolute Gasteiger partial charge is 0.236 e. The van der Waals surface area contributed by atoms with Gasteiger partial charge in [0.05, 0.1) is 11.4 Å². The quantitative estimate of drug-likeness (QED) is 0.747. The van der Waals surface area contributed by atoms with E-state index in [1.54, 1.807) is 19.1 Å². The summed E-state index contributed by atoms with van der Waals surface area (Å²) < 4.78 is 25.0. The molecule has 1 rings (SSSR count). The third-order valence-corrected chi connectivity index (χ3v) is 4.28. The van der Waals surface area contributed by atoms with Crippen molar-refractivity contribution in [1.82, 2.24) is 0 Å². The molecule has 0 radical (unpaired) electrons. The highest BCUT2D eigenvalue weighted by Crippen LogP contribution is 2.17. The summed E-state index contributed by atoms with van der Waals surface area (Å²) in [5.41, 5.74) is 0.685. The molecule has 0 unspecified atom stereocenters. The molecular formula is C10H14ClNO2S. The number of sulfonamides is 1. The van der Waals surface area contributed by atoms with Gasteiger partial charge in [0.2, 0.25) is 10.0 Å². The minimum Gasteiger partial charge on any atom is -0.270 e. The van der Waals surface area contributed by atoms with Crippen LogP contribution in [-0.4, -0.2) is 26.6 Å². The van der Waals surface area contributed by atoms with Crippen LogP contribution in [0.3, 0.4) is 0 Å². The molecule has 0 amide bonds. The predicted octanol–water partition coefficient (Wildman–Crippen LogP) is 2.08. The molecule has 0 N–H and O–H groups in total. The number of para-hydroxylation sites is 1. The molecule has 15 heavy (non-hydrogen) atoms. The number of anilines is 1. The van der Waals surface area contributed by atoms with Crippen molar-refractivity contribution < 1.29 is 8.42 Å². The van der Waals surface area contributed by atoms with Crippen molar-refractivity contribution in [2.45, 2.75) is 6.92 Å². The van der Waals surface area contributed by atoms with Gasteiger partial charge in [-0.15, -0.1) is 11.6 Å². The van der Waals surface area contributed by atoms with Gasteiger partial charge in [0.1, 0.15) is 0 Å². The molecule has 0 fully saturated rings. The lowest BCUT2D eigenvalue weighted by Crippen LogP contribution is -2.33. The van der Waals surface area contributed by atoms with Crippen molar-refractivity contribution in [3.63, 3.8) is 0 Å². The van der Waals surface area contributed by atoms with Gasteiger partial charge in [0.15, 0.2) is 0 Å². The lowest BCUT2D eigenvalue weighted by Gasteiger charge is -2.22. The highest BCUT2D eigenvalue weighted by molar-refractivity contribution is 7.92. The number of nitrogens with zero attached hydrogens (tertiary/aromatic N) is 1. The van der Waals surface area contributed by atoms with Crippen LogP contribution in [0.5, 0.6) is 0 Å². The Bertz CT molecular complexity index is 391. The summed E-state index contributed by atoms with van der Waals surface area (Å²) in [5.74, 6) is 0.0863. The van der Waals surface area contributed by atoms with Crippen molar-refractivity contribution in [2.24, 2.45) is 0 Å². The summed E-state index contributed by atoms with van der Waals surface area (Å²) in [6.07, 6.45) is 0. The zero-order valence-electron chi connectivity index (χ0n) is 8.56. The monoisotopic (exact) mass is 247 g/mol. The molecule has 0 atom stereocenters. The van der Waals surface area contributed by atoms with Crippen molar-refractivity contribution in [2.75, 3.05) is 22.5 Å². The minimum absolute atomic E-state index is 0.0305. The molecular weight excluding hydrogens is 234 g/mol. The summed E-state index contributed by atoms with van der Waals surface area (Å²) in [6.45, 7) is 2.22. The van der Waals surface area contributed by atoms with E-state index in [0.717, 1.165) is 0 Å². The van der Waals surface area contributed by atoms with E-state index in [9.17, 15) is 8.42 Å². The van der Waals surface area contributed by atoms with Gasteiger partial charge < -0.3 is 0 Å². The van der Waals surface area contributed by atoms with Gasteiger partial charge in [-0.2, -0.15) is 0 Å². The summed E-state index contributed by atoms with van der Waals surface area (Å²) in [4.78, 5) is 0. The standard InChI is InChI=1S/C10H14ClNO2S/c1-2-12(15(13,14)9-8-11)10-6-4-3-5-7-10/h3-7H,2,8-9H2,1H3. The summed E-state index contributed by atoms with van der Waals surface area (Å²) in [7, 11) is -3.27. The lowest BCUT2D eigenvalue weighted by molar-refractivity contribution is 0.593. The van der Waals surface area contributed by atoms with Crippen LogP contribution in [0, 0.1) is 0 Å². The van der Waals surface area contributed by atoms with Crippen molar-refractivity contribution in [3.05, 3.63) is 30.3 Å². The molecule has 0 bridgehead atoms. The van der Waals surface area contributed by atoms with Crippen LogP contribution < -0.4 is 4.31 Å². The molecule has 0 saturated carbocycles. The maximum Gasteiger partial charge on any atom is 0.236 e. The van der Waals surface area contributed by atoms with E-state index in [2.05, 4.69) is 0 Å². The van der Waals surface area contributed by atoms with Crippen molar-refractivity contribution in [1.29, 1.82) is 0 Å². The van der Waals surface area contributed by atoms with Gasteiger partial charge in [-0.3, -0.25) is 4.31 Å². The summed E-state index contributed by atoms with van der Waals surface area (Å²) in [6, 6.07) is 9.03. The van der Waals surface area contributed by atoms with Crippen LogP contribution in [0.15, 0.2) is 30.3 Å². The number of hydrogen-bond acceptors (Lipinski definition) is 2. The van der Waals surface area contributed by atoms with Crippen molar-refractivity contribution >= 4 is 27.3 Å². The van der Waals surface area contributed by atoms with E-state index in [4.69, 9.17) is 11.6 Å². The van der Waals surface area contributed by atoms with E-state index in [-0.39, 0.29) is 11.6 Å². The minimum atomic E-state index is -3.27. The van der Waals surface area contributed by atoms with Gasteiger partial charge in [0, 0.05) is 12.4 Å². The molecule has 0 aliphatic rings. The Kier molecular flexibility index (Phi) is 4.42. The number of hydrogen-bond donors (Lipinski definition) is 0. The number of benzene rings is 1. The first-order valence-electron chi connectivity index (χ1n) is 4.73. The fraction of sp³-hybridized carbons (Fsp3) is 0.400. The van der Waals surface area contributed by atoms with E-state index >= 15 is 0 Å². The largest absolute Gasteiger partial charge is 0.270 e. The Morgan fingerprint density at radius 2 is 1.87 bits per heavy atom. The van der Waals surface area contributed by atoms with Crippen LogP contribution in [-0.2, 0) is 10.0 Å². The van der Waals surface area contributed by atoms with E-state index in [1.807, 2.05) is 18.2 Å². The Balaban J connectivity index is 3.00. The molecule has 0 aliphatic carbocycles. The van der Waals surface area contributed by atoms with E-state index < -0.39 is 10.0 Å². The maximum absolute atomic E-state index is 11.8. The van der Waals surface area contributed by atoms with Crippen LogP contribution >= 0.6 is 11.6 Å². The zero-order chi connectivity index (χ0) is 11.3. The third-order valence-electron chi connectivity index (χ3n) is 2.00. The van der Waals surface area contributed by atoms with Gasteiger partial charge in [-0.25, -0.2) is 8.42 Å².